The maximum Gasteiger partial charge on any atom is 0.251 e. The highest BCUT2D eigenvalue weighted by molar-refractivity contribution is 5.97. The number of aryl methyl sites for hydroxylation is 4. The molecule has 9 rings (SSSR count). The molecule has 16 nitrogen and oxygen atoms in total. The summed E-state index contributed by atoms with van der Waals surface area (Å²) >= 11 is 0. The first-order valence-electron chi connectivity index (χ1n) is 29.8. The summed E-state index contributed by atoms with van der Waals surface area (Å²) < 4.78 is 0. The minimum atomic E-state index is -0.941. The second-order valence-corrected chi connectivity index (χ2v) is 24.3. The van der Waals surface area contributed by atoms with E-state index in [2.05, 4.69) is 55.4 Å². The molecule has 83 heavy (non-hydrogen) atoms. The van der Waals surface area contributed by atoms with E-state index in [9.17, 15) is 33.6 Å². The lowest BCUT2D eigenvalue weighted by Crippen LogP contribution is -2.59. The van der Waals surface area contributed by atoms with Crippen LogP contribution in [0.5, 0.6) is 0 Å². The van der Waals surface area contributed by atoms with E-state index < -0.39 is 47.7 Å². The Morgan fingerprint density at radius 3 is 1.60 bits per heavy atom. The van der Waals surface area contributed by atoms with Gasteiger partial charge in [-0.25, -0.2) is 0 Å². The Labute approximate surface area is 489 Å². The highest BCUT2D eigenvalue weighted by Crippen LogP contribution is 2.34. The number of fused-ring (bicyclic) bond motifs is 3. The number of rotatable bonds is 19. The largest absolute Gasteiger partial charge is 0.347 e. The first-order valence-corrected chi connectivity index (χ1v) is 29.8. The van der Waals surface area contributed by atoms with Gasteiger partial charge >= 0.3 is 0 Å². The molecule has 5 aromatic carbocycles. The normalized spacial score (nSPS) is 20.7. The van der Waals surface area contributed by atoms with Crippen molar-refractivity contribution in [2.75, 3.05) is 20.6 Å². The average Bonchev–Trinajstić information content (AvgIpc) is 3.17. The van der Waals surface area contributed by atoms with Gasteiger partial charge in [-0.15, -0.1) is 0 Å². The molecular formula is C67H83N9O7. The molecule has 0 spiro atoms. The lowest BCUT2D eigenvalue weighted by Gasteiger charge is -2.39. The van der Waals surface area contributed by atoms with Gasteiger partial charge in [0.05, 0.1) is 24.2 Å². The summed E-state index contributed by atoms with van der Waals surface area (Å²) in [6.45, 7) is 9.44. The first kappa shape index (κ1) is 59.9. The van der Waals surface area contributed by atoms with Crippen LogP contribution in [0.3, 0.4) is 0 Å². The number of carbonyl (C=O) groups is 7. The fourth-order valence-corrected chi connectivity index (χ4v) is 12.3. The number of nitrogens with one attached hydrogen (secondary N) is 7. The van der Waals surface area contributed by atoms with Crippen LogP contribution < -0.4 is 37.2 Å². The van der Waals surface area contributed by atoms with Crippen molar-refractivity contribution >= 4 is 41.4 Å². The van der Waals surface area contributed by atoms with E-state index in [1.54, 1.807) is 45.0 Å². The molecule has 0 saturated carbocycles. The maximum absolute atomic E-state index is 15.0. The van der Waals surface area contributed by atoms with Crippen LogP contribution in [0.2, 0.25) is 0 Å². The smallest absolute Gasteiger partial charge is 0.251 e. The molecule has 1 fully saturated rings. The molecule has 7 amide bonds. The molecule has 16 heteroatoms. The summed E-state index contributed by atoms with van der Waals surface area (Å²) in [5.74, 6) is -2.17. The van der Waals surface area contributed by atoms with E-state index >= 15 is 0 Å². The van der Waals surface area contributed by atoms with Crippen LogP contribution in [0.15, 0.2) is 121 Å². The van der Waals surface area contributed by atoms with Crippen molar-refractivity contribution in [3.05, 3.63) is 177 Å². The van der Waals surface area contributed by atoms with Crippen molar-refractivity contribution in [2.24, 2.45) is 5.41 Å². The Morgan fingerprint density at radius 1 is 0.554 bits per heavy atom. The van der Waals surface area contributed by atoms with E-state index in [0.717, 1.165) is 77.5 Å². The number of likely N-dealkylation sites (N-methyl/N-ethyl adjacent to an activating group) is 2. The fourth-order valence-electron chi connectivity index (χ4n) is 12.3. The average molecular weight is 1130 g/mol. The van der Waals surface area contributed by atoms with Crippen molar-refractivity contribution in [3.8, 4) is 0 Å². The van der Waals surface area contributed by atoms with Gasteiger partial charge in [-0.3, -0.25) is 33.6 Å². The van der Waals surface area contributed by atoms with Gasteiger partial charge in [-0.2, -0.15) is 0 Å². The molecule has 2 heterocycles. The van der Waals surface area contributed by atoms with Gasteiger partial charge in [0.25, 0.3) is 5.91 Å². The molecular weight excluding hydrogens is 1040 g/mol. The van der Waals surface area contributed by atoms with Crippen LogP contribution in [0.25, 0.3) is 0 Å². The number of likely N-dealkylation sites (tertiary alicyclic amines) is 1. The van der Waals surface area contributed by atoms with Gasteiger partial charge in [0.2, 0.25) is 35.4 Å². The van der Waals surface area contributed by atoms with E-state index in [0.29, 0.717) is 24.8 Å². The fraction of sp³-hybridized carbons (Fsp3) is 0.448. The topological polar surface area (TPSA) is 210 Å². The quantitative estimate of drug-likeness (QED) is 0.0495. The van der Waals surface area contributed by atoms with Crippen LogP contribution in [-0.2, 0) is 73.8 Å². The maximum atomic E-state index is 15.0. The Morgan fingerprint density at radius 2 is 1.05 bits per heavy atom. The van der Waals surface area contributed by atoms with Crippen molar-refractivity contribution in [1.82, 2.24) is 47.0 Å². The molecule has 438 valence electrons. The van der Waals surface area contributed by atoms with Gasteiger partial charge in [0, 0.05) is 37.5 Å². The highest BCUT2D eigenvalue weighted by atomic mass is 16.2. The Bertz CT molecular complexity index is 3160. The van der Waals surface area contributed by atoms with Crippen LogP contribution in [0.4, 0.5) is 0 Å². The zero-order valence-corrected chi connectivity index (χ0v) is 49.2. The van der Waals surface area contributed by atoms with E-state index in [1.165, 1.54) is 16.0 Å². The monoisotopic (exact) mass is 1130 g/mol. The number of carbonyl (C=O) groups excluding carboxylic acids is 7. The van der Waals surface area contributed by atoms with E-state index in [-0.39, 0.29) is 79.4 Å². The molecule has 5 aromatic rings. The van der Waals surface area contributed by atoms with E-state index in [1.807, 2.05) is 112 Å². The molecule has 2 aliphatic carbocycles. The third-order valence-electron chi connectivity index (χ3n) is 17.5. The number of hydrogen-bond donors (Lipinski definition) is 7. The third-order valence-corrected chi connectivity index (χ3v) is 17.5. The Hall–Kier alpha value is -7.69. The van der Waals surface area contributed by atoms with Crippen molar-refractivity contribution in [3.63, 3.8) is 0 Å². The van der Waals surface area contributed by atoms with Gasteiger partial charge in [-0.1, -0.05) is 130 Å². The van der Waals surface area contributed by atoms with Crippen molar-refractivity contribution < 1.29 is 33.6 Å². The number of hydrogen-bond acceptors (Lipinski definition) is 9. The second-order valence-electron chi connectivity index (χ2n) is 24.3. The first-order chi connectivity index (χ1) is 39.9. The SMILES string of the molecule is CN[C@@H](C)C(=O)NC(C(=O)N1C[C@@H](NC(=O)c2ccc(CCc3ccc(C[C@H](NC(=O)[C@H](C)NC)C(=O)N4Cc5ccccc5C[C@H]4C(=O)N[C@@H]4CCCc5ccccc54)cc3)cc2)C[C@H]1C(=O)N[C@@H]1CCCc2ccccc21)C(C)(C)C. The molecule has 0 radical (unpaired) electrons. The molecule has 0 aromatic heterocycles. The third kappa shape index (κ3) is 14.4. The van der Waals surface area contributed by atoms with Crippen molar-refractivity contribution in [1.29, 1.82) is 0 Å². The van der Waals surface area contributed by atoms with Gasteiger partial charge in [0.15, 0.2) is 0 Å². The van der Waals surface area contributed by atoms with Crippen molar-refractivity contribution in [2.45, 2.75) is 166 Å². The summed E-state index contributed by atoms with van der Waals surface area (Å²) in [5, 5.41) is 21.6. The zero-order valence-electron chi connectivity index (χ0n) is 49.2. The van der Waals surface area contributed by atoms with Crippen LogP contribution >= 0.6 is 0 Å². The molecule has 9 atom stereocenters. The molecule has 4 aliphatic rings. The summed E-state index contributed by atoms with van der Waals surface area (Å²) in [5.41, 5.74) is 9.32. The minimum absolute atomic E-state index is 0.0924. The highest BCUT2D eigenvalue weighted by Gasteiger charge is 2.46. The molecule has 1 unspecified atom stereocenters. The molecule has 1 saturated heterocycles. The lowest BCUT2D eigenvalue weighted by molar-refractivity contribution is -0.145. The summed E-state index contributed by atoms with van der Waals surface area (Å²) in [6.07, 6.45) is 7.54. The predicted octanol–water partition coefficient (Wildman–Crippen LogP) is 6.29. The number of amides is 7. The van der Waals surface area contributed by atoms with Gasteiger partial charge in [-0.05, 0) is 153 Å². The molecule has 0 bridgehead atoms. The van der Waals surface area contributed by atoms with E-state index in [4.69, 9.17) is 0 Å². The van der Waals surface area contributed by atoms with Gasteiger partial charge < -0.3 is 47.0 Å². The summed E-state index contributed by atoms with van der Waals surface area (Å²) in [7, 11) is 3.37. The number of benzene rings is 5. The van der Waals surface area contributed by atoms with Crippen LogP contribution in [0, 0.1) is 5.41 Å². The predicted molar refractivity (Wildman–Crippen MR) is 321 cm³/mol. The minimum Gasteiger partial charge on any atom is -0.347 e. The van der Waals surface area contributed by atoms with Crippen LogP contribution in [-0.4, -0.2) is 114 Å². The van der Waals surface area contributed by atoms with Gasteiger partial charge in [0.1, 0.15) is 24.2 Å². The molecule has 2 aliphatic heterocycles. The summed E-state index contributed by atoms with van der Waals surface area (Å²) in [6, 6.07) is 34.2. The Balaban J connectivity index is 0.844. The number of nitrogens with zero attached hydrogens (tertiary/aromatic N) is 2. The Kier molecular flexibility index (Phi) is 19.3. The zero-order chi connectivity index (χ0) is 59.0. The lowest BCUT2D eigenvalue weighted by atomic mass is 9.85. The molecule has 7 N–H and O–H groups in total. The second kappa shape index (κ2) is 26.7. The standard InChI is InChI=1S/C67H83N9O7/c1-41(68-6)60(77)73-56(65(82)75-39-50-19-9-8-18-49(50)37-57(75)63(80)71-54-24-14-20-46-16-10-12-22-52(46)54)36-45-30-28-43(29-31-45)26-27-44-32-34-48(35-33-44)62(79)70-51-38-58(64(81)72-55-25-15-21-47-17-11-13-23-53(47)55)76(40-51)66(83)59(67(3,4)5)74-61(78)42(2)69-7/h8-13,16-19,22-23,28-35,41-42,51,54-59,68-69H,14-15,20-21,24-27,36-40H2,1-7H3,(H,70,79)(H,71,80)(H,72,81)(H,73,77)(H,74,78)/t41-,42-,51-,54+,55+,56-,57-,58-,59?/m0/s1. The van der Waals surface area contributed by atoms with Crippen LogP contribution in [0.1, 0.15) is 139 Å². The summed E-state index contributed by atoms with van der Waals surface area (Å²) in [4.78, 5) is 102.